The van der Waals surface area contributed by atoms with E-state index in [0.29, 0.717) is 5.92 Å². The molecule has 1 rings (SSSR count). The van der Waals surface area contributed by atoms with Crippen molar-refractivity contribution in [3.05, 3.63) is 0 Å². The molecule has 0 saturated heterocycles. The minimum atomic E-state index is -0.457. The summed E-state index contributed by atoms with van der Waals surface area (Å²) in [5.41, 5.74) is 0. The zero-order valence-corrected chi connectivity index (χ0v) is 4.60. The maximum atomic E-state index is 11.7. The fraction of sp³-hybridized carbons (Fsp3) is 0.833. The molecule has 0 spiro atoms. The van der Waals surface area contributed by atoms with Crippen LogP contribution in [0, 0.1) is 23.2 Å². The Kier molecular flexibility index (Phi) is 1.48. The summed E-state index contributed by atoms with van der Waals surface area (Å²) >= 11 is 0. The van der Waals surface area contributed by atoms with Crippen molar-refractivity contribution in [3.63, 3.8) is 0 Å². The predicted molar refractivity (Wildman–Crippen MR) is 27.8 cm³/mol. The molecule has 1 nitrogen and oxygen atoms in total. The number of hydrogen-bond donors (Lipinski definition) is 0. The fourth-order valence-electron chi connectivity index (χ4n) is 0.764. The van der Waals surface area contributed by atoms with E-state index in [0.717, 1.165) is 12.8 Å². The van der Waals surface area contributed by atoms with Crippen LogP contribution in [0.4, 0.5) is 4.39 Å². The molecule has 1 aliphatic rings. The topological polar surface area (TPSA) is 23.8 Å². The number of nitriles is 1. The summed E-state index contributed by atoms with van der Waals surface area (Å²) in [6.07, 6.45) is 2.12. The van der Waals surface area contributed by atoms with E-state index >= 15 is 0 Å². The third-order valence-electron chi connectivity index (χ3n) is 1.52. The molecule has 0 bridgehead atoms. The van der Waals surface area contributed by atoms with Crippen LogP contribution in [-0.4, -0.2) is 6.67 Å². The van der Waals surface area contributed by atoms with Crippen LogP contribution >= 0.6 is 0 Å². The first-order valence-corrected chi connectivity index (χ1v) is 2.84. The third kappa shape index (κ3) is 0.975. The smallest absolute Gasteiger partial charge is 0.105 e. The minimum absolute atomic E-state index is 0.296. The molecule has 1 fully saturated rings. The molecule has 2 heteroatoms. The Morgan fingerprint density at radius 2 is 2.38 bits per heavy atom. The van der Waals surface area contributed by atoms with Crippen LogP contribution in [0.15, 0.2) is 0 Å². The molecule has 0 aliphatic heterocycles. The summed E-state index contributed by atoms with van der Waals surface area (Å²) in [6.45, 7) is -0.457. The highest BCUT2D eigenvalue weighted by molar-refractivity contribution is 4.93. The highest BCUT2D eigenvalue weighted by atomic mass is 19.1. The van der Waals surface area contributed by atoms with Crippen LogP contribution in [0.25, 0.3) is 0 Å². The molecule has 1 atom stereocenters. The Labute approximate surface area is 48.1 Å². The van der Waals surface area contributed by atoms with Gasteiger partial charge in [-0.3, -0.25) is 0 Å². The van der Waals surface area contributed by atoms with Crippen molar-refractivity contribution < 1.29 is 4.39 Å². The first kappa shape index (κ1) is 5.55. The Morgan fingerprint density at radius 1 is 1.75 bits per heavy atom. The lowest BCUT2D eigenvalue weighted by atomic mass is 10.1. The molecular formula is C6H8FN. The molecule has 0 aromatic carbocycles. The van der Waals surface area contributed by atoms with Crippen LogP contribution in [0.3, 0.4) is 0 Å². The van der Waals surface area contributed by atoms with E-state index in [1.807, 2.05) is 6.07 Å². The monoisotopic (exact) mass is 113 g/mol. The quantitative estimate of drug-likeness (QED) is 0.532. The van der Waals surface area contributed by atoms with Gasteiger partial charge in [-0.1, -0.05) is 0 Å². The maximum Gasteiger partial charge on any atom is 0.105 e. The van der Waals surface area contributed by atoms with Gasteiger partial charge in [-0.2, -0.15) is 5.26 Å². The average molecular weight is 113 g/mol. The van der Waals surface area contributed by atoms with Gasteiger partial charge in [-0.25, -0.2) is 4.39 Å². The minimum Gasteiger partial charge on any atom is -0.250 e. The molecule has 0 N–H and O–H groups in total. The van der Waals surface area contributed by atoms with Crippen LogP contribution in [0.2, 0.25) is 0 Å². The second kappa shape index (κ2) is 2.13. The molecule has 0 amide bonds. The van der Waals surface area contributed by atoms with Crippen LogP contribution in [0.1, 0.15) is 12.8 Å². The van der Waals surface area contributed by atoms with Gasteiger partial charge in [0.2, 0.25) is 0 Å². The van der Waals surface area contributed by atoms with Gasteiger partial charge in [0.15, 0.2) is 0 Å². The third-order valence-corrected chi connectivity index (χ3v) is 1.52. The van der Waals surface area contributed by atoms with Gasteiger partial charge in [0.1, 0.15) is 6.67 Å². The van der Waals surface area contributed by atoms with Gasteiger partial charge < -0.3 is 0 Å². The Morgan fingerprint density at radius 3 is 2.50 bits per heavy atom. The van der Waals surface area contributed by atoms with Crippen molar-refractivity contribution in [1.82, 2.24) is 0 Å². The molecule has 0 aromatic rings. The van der Waals surface area contributed by atoms with Crippen molar-refractivity contribution in [2.24, 2.45) is 11.8 Å². The van der Waals surface area contributed by atoms with Crippen LogP contribution < -0.4 is 0 Å². The molecule has 0 heterocycles. The van der Waals surface area contributed by atoms with E-state index in [2.05, 4.69) is 0 Å². The SMILES string of the molecule is N#CC(CF)C1CC1. The number of rotatable bonds is 2. The van der Waals surface area contributed by atoms with E-state index < -0.39 is 6.67 Å². The summed E-state index contributed by atoms with van der Waals surface area (Å²) in [6, 6.07) is 1.94. The van der Waals surface area contributed by atoms with Gasteiger partial charge in [-0.15, -0.1) is 0 Å². The number of halogens is 1. The second-order valence-electron chi connectivity index (χ2n) is 2.23. The number of hydrogen-bond acceptors (Lipinski definition) is 1. The van der Waals surface area contributed by atoms with Crippen molar-refractivity contribution in [2.75, 3.05) is 6.67 Å². The number of nitrogens with zero attached hydrogens (tertiary/aromatic N) is 1. The standard InChI is InChI=1S/C6H8FN/c7-3-6(4-8)5-1-2-5/h5-6H,1-3H2. The van der Waals surface area contributed by atoms with E-state index in [-0.39, 0.29) is 5.92 Å². The maximum absolute atomic E-state index is 11.7. The molecular weight excluding hydrogens is 105 g/mol. The zero-order valence-electron chi connectivity index (χ0n) is 4.60. The normalized spacial score (nSPS) is 22.0. The second-order valence-corrected chi connectivity index (χ2v) is 2.23. The van der Waals surface area contributed by atoms with E-state index in [1.54, 1.807) is 0 Å². The molecule has 1 unspecified atom stereocenters. The summed E-state index contributed by atoms with van der Waals surface area (Å²) < 4.78 is 11.7. The summed E-state index contributed by atoms with van der Waals surface area (Å²) in [4.78, 5) is 0. The van der Waals surface area contributed by atoms with Crippen molar-refractivity contribution in [3.8, 4) is 6.07 Å². The molecule has 44 valence electrons. The van der Waals surface area contributed by atoms with E-state index in [4.69, 9.17) is 5.26 Å². The van der Waals surface area contributed by atoms with Crippen molar-refractivity contribution in [2.45, 2.75) is 12.8 Å². The zero-order chi connectivity index (χ0) is 5.98. The molecule has 1 aliphatic carbocycles. The largest absolute Gasteiger partial charge is 0.250 e. The lowest BCUT2D eigenvalue weighted by Gasteiger charge is -1.95. The van der Waals surface area contributed by atoms with Gasteiger partial charge in [0, 0.05) is 0 Å². The predicted octanol–water partition coefficient (Wildman–Crippen LogP) is 1.51. The Bertz CT molecular complexity index is 112. The molecule has 0 radical (unpaired) electrons. The summed E-state index contributed by atoms with van der Waals surface area (Å²) in [5, 5.41) is 8.25. The fourth-order valence-corrected chi connectivity index (χ4v) is 0.764. The van der Waals surface area contributed by atoms with Crippen LogP contribution in [0.5, 0.6) is 0 Å². The lowest BCUT2D eigenvalue weighted by molar-refractivity contribution is 0.389. The van der Waals surface area contributed by atoms with Crippen molar-refractivity contribution in [1.29, 1.82) is 5.26 Å². The lowest BCUT2D eigenvalue weighted by Crippen LogP contribution is -2.00. The Balaban J connectivity index is 2.29. The van der Waals surface area contributed by atoms with Gasteiger partial charge in [0.05, 0.1) is 12.0 Å². The first-order valence-electron chi connectivity index (χ1n) is 2.84. The summed E-state index contributed by atoms with van der Waals surface area (Å²) in [7, 11) is 0. The van der Waals surface area contributed by atoms with Gasteiger partial charge in [-0.05, 0) is 18.8 Å². The highest BCUT2D eigenvalue weighted by Gasteiger charge is 2.30. The summed E-state index contributed by atoms with van der Waals surface area (Å²) in [5.74, 6) is 0.0972. The average Bonchev–Trinajstić information content (AvgIpc) is 2.53. The molecule has 8 heavy (non-hydrogen) atoms. The molecule has 1 saturated carbocycles. The van der Waals surface area contributed by atoms with Crippen molar-refractivity contribution >= 4 is 0 Å². The van der Waals surface area contributed by atoms with Gasteiger partial charge >= 0.3 is 0 Å². The first-order chi connectivity index (χ1) is 3.88. The Hall–Kier alpha value is -0.580. The molecule has 0 aromatic heterocycles. The number of alkyl halides is 1. The van der Waals surface area contributed by atoms with E-state index in [9.17, 15) is 4.39 Å². The van der Waals surface area contributed by atoms with Crippen LogP contribution in [-0.2, 0) is 0 Å². The van der Waals surface area contributed by atoms with E-state index in [1.165, 1.54) is 0 Å². The van der Waals surface area contributed by atoms with Gasteiger partial charge in [0.25, 0.3) is 0 Å². The highest BCUT2D eigenvalue weighted by Crippen LogP contribution is 2.36.